The van der Waals surface area contributed by atoms with Gasteiger partial charge in [-0.1, -0.05) is 0 Å². The summed E-state index contributed by atoms with van der Waals surface area (Å²) in [6.07, 6.45) is 3.32. The van der Waals surface area contributed by atoms with Gasteiger partial charge in [-0.05, 0) is 96.1 Å². The fourth-order valence-electron chi connectivity index (χ4n) is 2.75. The topological polar surface area (TPSA) is 41.8 Å². The predicted octanol–water partition coefficient (Wildman–Crippen LogP) is 5.09. The lowest BCUT2D eigenvalue weighted by Crippen LogP contribution is -1.99. The van der Waals surface area contributed by atoms with E-state index in [9.17, 15) is 0 Å². The first-order chi connectivity index (χ1) is 10.2. The number of nitrogens with two attached hydrogens (primary N) is 1. The number of rotatable bonds is 5. The molecule has 0 aliphatic heterocycles. The van der Waals surface area contributed by atoms with Crippen LogP contribution in [0.4, 0.5) is 0 Å². The maximum atomic E-state index is 5.65. The molecule has 2 nitrogen and oxygen atoms in total. The van der Waals surface area contributed by atoms with Crippen molar-refractivity contribution in [1.29, 1.82) is 0 Å². The van der Waals surface area contributed by atoms with Crippen molar-refractivity contribution in [2.24, 2.45) is 5.73 Å². The van der Waals surface area contributed by atoms with Gasteiger partial charge in [0.05, 0.1) is 10.6 Å². The Hall–Kier alpha value is -0.850. The summed E-state index contributed by atoms with van der Waals surface area (Å²) in [6, 6.07) is 8.83. The van der Waals surface area contributed by atoms with Gasteiger partial charge in [0, 0.05) is 14.5 Å². The molecule has 21 heavy (non-hydrogen) atoms. The Bertz CT molecular complexity index is 757. The number of aromatic nitrogens is 1. The third kappa shape index (κ3) is 3.03. The summed E-state index contributed by atoms with van der Waals surface area (Å²) in [5.74, 6) is 0. The summed E-state index contributed by atoms with van der Waals surface area (Å²) in [6.45, 7) is 2.96. The largest absolute Gasteiger partial charge is 0.354 e. The van der Waals surface area contributed by atoms with Crippen molar-refractivity contribution in [2.75, 3.05) is 6.54 Å². The Labute approximate surface area is 142 Å². The molecule has 3 aromatic rings. The number of hydrogen-bond donors (Lipinski definition) is 2. The molecule has 0 atom stereocenters. The molecule has 0 saturated heterocycles. The minimum Gasteiger partial charge on any atom is -0.354 e. The molecule has 3 N–H and O–H groups in total. The van der Waals surface area contributed by atoms with E-state index in [4.69, 9.17) is 5.73 Å². The molecular formula is C17H19IN2S. The minimum atomic E-state index is 0.771. The van der Waals surface area contributed by atoms with E-state index in [2.05, 4.69) is 64.1 Å². The molecule has 0 unspecified atom stereocenters. The highest BCUT2D eigenvalue weighted by molar-refractivity contribution is 14.1. The molecule has 2 heterocycles. The summed E-state index contributed by atoms with van der Waals surface area (Å²) >= 11 is 4.21. The first-order valence-corrected chi connectivity index (χ1v) is 9.21. The van der Waals surface area contributed by atoms with Gasteiger partial charge in [0.2, 0.25) is 0 Å². The lowest BCUT2D eigenvalue weighted by molar-refractivity contribution is 0.748. The molecule has 110 valence electrons. The van der Waals surface area contributed by atoms with Crippen LogP contribution in [0.15, 0.2) is 29.6 Å². The second-order valence-corrected chi connectivity index (χ2v) is 7.51. The highest BCUT2D eigenvalue weighted by atomic mass is 127. The number of benzene rings is 1. The van der Waals surface area contributed by atoms with Crippen LogP contribution >= 0.6 is 33.9 Å². The van der Waals surface area contributed by atoms with Crippen molar-refractivity contribution >= 4 is 44.8 Å². The number of fused-ring (bicyclic) bond motifs is 1. The zero-order chi connectivity index (χ0) is 14.8. The zero-order valence-corrected chi connectivity index (χ0v) is 15.1. The van der Waals surface area contributed by atoms with E-state index in [0.717, 1.165) is 25.8 Å². The van der Waals surface area contributed by atoms with E-state index >= 15 is 0 Å². The summed E-state index contributed by atoms with van der Waals surface area (Å²) in [5.41, 5.74) is 11.0. The maximum Gasteiger partial charge on any atom is 0.0601 e. The molecule has 0 aliphatic carbocycles. The maximum absolute atomic E-state index is 5.65. The van der Waals surface area contributed by atoms with Crippen LogP contribution in [0, 0.1) is 10.5 Å². The standard InChI is InChI=1S/C17H19IN2S/c1-11-7-9-21-17(11)16-13(4-2-3-8-19)14-10-12(18)5-6-15(14)20-16/h5-7,9-10,20H,2-4,8,19H2,1H3. The van der Waals surface area contributed by atoms with Crippen molar-refractivity contribution in [3.05, 3.63) is 44.3 Å². The van der Waals surface area contributed by atoms with Gasteiger partial charge < -0.3 is 10.7 Å². The van der Waals surface area contributed by atoms with Crippen molar-refractivity contribution in [1.82, 2.24) is 4.98 Å². The quantitative estimate of drug-likeness (QED) is 0.447. The molecule has 0 radical (unpaired) electrons. The van der Waals surface area contributed by atoms with E-state index < -0.39 is 0 Å². The zero-order valence-electron chi connectivity index (χ0n) is 12.1. The van der Waals surface area contributed by atoms with Gasteiger partial charge in [0.1, 0.15) is 0 Å². The van der Waals surface area contributed by atoms with Crippen LogP contribution in [0.5, 0.6) is 0 Å². The molecule has 0 aliphatic rings. The summed E-state index contributed by atoms with van der Waals surface area (Å²) in [7, 11) is 0. The van der Waals surface area contributed by atoms with Gasteiger partial charge in [-0.3, -0.25) is 0 Å². The number of H-pyrrole nitrogens is 1. The Balaban J connectivity index is 2.13. The Kier molecular flexibility index (Phi) is 4.66. The number of halogens is 1. The Morgan fingerprint density at radius 2 is 2.10 bits per heavy atom. The monoisotopic (exact) mass is 410 g/mol. The molecule has 0 amide bonds. The van der Waals surface area contributed by atoms with Gasteiger partial charge in [-0.2, -0.15) is 0 Å². The first-order valence-electron chi connectivity index (χ1n) is 7.25. The van der Waals surface area contributed by atoms with Crippen LogP contribution in [0.3, 0.4) is 0 Å². The third-order valence-electron chi connectivity index (χ3n) is 3.84. The first kappa shape index (κ1) is 15.1. The van der Waals surface area contributed by atoms with Crippen LogP contribution in [-0.2, 0) is 6.42 Å². The molecule has 2 aromatic heterocycles. The normalized spacial score (nSPS) is 11.4. The van der Waals surface area contributed by atoms with Gasteiger partial charge in [-0.25, -0.2) is 0 Å². The molecule has 0 saturated carbocycles. The van der Waals surface area contributed by atoms with Gasteiger partial charge in [0.25, 0.3) is 0 Å². The lowest BCUT2D eigenvalue weighted by Gasteiger charge is -2.04. The smallest absolute Gasteiger partial charge is 0.0601 e. The molecule has 4 heteroatoms. The van der Waals surface area contributed by atoms with E-state index in [1.165, 1.54) is 36.2 Å². The van der Waals surface area contributed by atoms with Crippen LogP contribution in [0.2, 0.25) is 0 Å². The average Bonchev–Trinajstić information content (AvgIpc) is 3.03. The molecule has 0 fully saturated rings. The van der Waals surface area contributed by atoms with Crippen LogP contribution in [0.25, 0.3) is 21.5 Å². The second kappa shape index (κ2) is 6.50. The lowest BCUT2D eigenvalue weighted by atomic mass is 10.0. The fourth-order valence-corrected chi connectivity index (χ4v) is 4.19. The van der Waals surface area contributed by atoms with Crippen LogP contribution in [0.1, 0.15) is 24.0 Å². The molecule has 0 spiro atoms. The van der Waals surface area contributed by atoms with Crippen LogP contribution in [-0.4, -0.2) is 11.5 Å². The van der Waals surface area contributed by atoms with E-state index in [1.807, 2.05) is 11.3 Å². The fraction of sp³-hybridized carbons (Fsp3) is 0.294. The van der Waals surface area contributed by atoms with E-state index in [-0.39, 0.29) is 0 Å². The SMILES string of the molecule is Cc1ccsc1-c1[nH]c2ccc(I)cc2c1CCCCN. The van der Waals surface area contributed by atoms with Gasteiger partial charge >= 0.3 is 0 Å². The number of aryl methyl sites for hydroxylation is 2. The Morgan fingerprint density at radius 1 is 1.24 bits per heavy atom. The average molecular weight is 410 g/mol. The highest BCUT2D eigenvalue weighted by Crippen LogP contribution is 2.36. The van der Waals surface area contributed by atoms with Crippen LogP contribution < -0.4 is 5.73 Å². The number of hydrogen-bond acceptors (Lipinski definition) is 2. The van der Waals surface area contributed by atoms with Crippen molar-refractivity contribution in [2.45, 2.75) is 26.2 Å². The molecule has 0 bridgehead atoms. The number of unbranched alkanes of at least 4 members (excludes halogenated alkanes) is 1. The van der Waals surface area contributed by atoms with Crippen molar-refractivity contribution in [3.63, 3.8) is 0 Å². The third-order valence-corrected chi connectivity index (χ3v) is 5.54. The summed E-state index contributed by atoms with van der Waals surface area (Å²) in [4.78, 5) is 5.00. The van der Waals surface area contributed by atoms with Gasteiger partial charge in [0.15, 0.2) is 0 Å². The predicted molar refractivity (Wildman–Crippen MR) is 101 cm³/mol. The van der Waals surface area contributed by atoms with E-state index in [1.54, 1.807) is 0 Å². The summed E-state index contributed by atoms with van der Waals surface area (Å²) < 4.78 is 1.29. The van der Waals surface area contributed by atoms with Gasteiger partial charge in [-0.15, -0.1) is 11.3 Å². The number of nitrogens with one attached hydrogen (secondary N) is 1. The second-order valence-electron chi connectivity index (χ2n) is 5.35. The van der Waals surface area contributed by atoms with E-state index in [0.29, 0.717) is 0 Å². The van der Waals surface area contributed by atoms with Crippen molar-refractivity contribution in [3.8, 4) is 10.6 Å². The molecular weight excluding hydrogens is 391 g/mol. The highest BCUT2D eigenvalue weighted by Gasteiger charge is 2.15. The minimum absolute atomic E-state index is 0.771. The van der Waals surface area contributed by atoms with Crippen molar-refractivity contribution < 1.29 is 0 Å². The molecule has 1 aromatic carbocycles. The molecule has 3 rings (SSSR count). The number of thiophene rings is 1. The summed E-state index contributed by atoms with van der Waals surface area (Å²) in [5, 5.41) is 3.53. The number of aromatic amines is 1. The Morgan fingerprint density at radius 3 is 2.81 bits per heavy atom.